The number of piperidine rings is 1. The minimum atomic E-state index is 0.159. The lowest BCUT2D eigenvalue weighted by Crippen LogP contribution is -2.43. The van der Waals surface area contributed by atoms with Crippen molar-refractivity contribution in [3.05, 3.63) is 35.9 Å². The number of hydrogen-bond donors (Lipinski definition) is 0. The molecule has 1 aromatic carbocycles. The molecule has 0 radical (unpaired) electrons. The van der Waals surface area contributed by atoms with Crippen LogP contribution in [0.3, 0.4) is 0 Å². The zero-order valence-electron chi connectivity index (χ0n) is 9.22. The number of amides is 1. The molecule has 0 unspecified atom stereocenters. The van der Waals surface area contributed by atoms with Crippen LogP contribution in [0.4, 0.5) is 0 Å². The van der Waals surface area contributed by atoms with Gasteiger partial charge in [0.05, 0.1) is 6.04 Å². The summed E-state index contributed by atoms with van der Waals surface area (Å²) in [6.45, 7) is 0.885. The Morgan fingerprint density at radius 2 is 1.94 bits per heavy atom. The molecule has 1 saturated heterocycles. The summed E-state index contributed by atoms with van der Waals surface area (Å²) in [5, 5.41) is 0. The lowest BCUT2D eigenvalue weighted by atomic mass is 10.1. The summed E-state index contributed by atoms with van der Waals surface area (Å²) in [7, 11) is 0. The first-order chi connectivity index (χ1) is 8.18. The quantitative estimate of drug-likeness (QED) is 0.706. The lowest BCUT2D eigenvalue weighted by molar-refractivity contribution is 0.0711. The maximum atomic E-state index is 12.4. The van der Waals surface area contributed by atoms with Crippen molar-refractivity contribution in [2.45, 2.75) is 22.1 Å². The van der Waals surface area contributed by atoms with Gasteiger partial charge in [0.2, 0.25) is 0 Å². The van der Waals surface area contributed by atoms with Crippen molar-refractivity contribution >= 4 is 37.8 Å². The van der Waals surface area contributed by atoms with E-state index in [1.807, 2.05) is 35.2 Å². The minimum Gasteiger partial charge on any atom is -0.333 e. The number of alkyl halides is 2. The first-order valence-corrected chi connectivity index (χ1v) is 7.66. The van der Waals surface area contributed by atoms with Crippen molar-refractivity contribution in [2.24, 2.45) is 5.92 Å². The summed E-state index contributed by atoms with van der Waals surface area (Å²) in [6.07, 6.45) is 1.17. The number of nitrogens with zero attached hydrogens (tertiary/aromatic N) is 1. The zero-order chi connectivity index (χ0) is 12.0. The molecule has 3 rings (SSSR count). The molecule has 4 atom stereocenters. The maximum absolute atomic E-state index is 12.4. The van der Waals surface area contributed by atoms with E-state index in [0.717, 1.165) is 12.1 Å². The van der Waals surface area contributed by atoms with Crippen LogP contribution < -0.4 is 0 Å². The van der Waals surface area contributed by atoms with Crippen molar-refractivity contribution < 1.29 is 4.79 Å². The number of hydrogen-bond acceptors (Lipinski definition) is 1. The fraction of sp³-hybridized carbons (Fsp3) is 0.462. The van der Waals surface area contributed by atoms with Gasteiger partial charge in [0.15, 0.2) is 0 Å². The molecule has 0 N–H and O–H groups in total. The Morgan fingerprint density at radius 1 is 1.24 bits per heavy atom. The molecule has 90 valence electrons. The Bertz CT molecular complexity index is 436. The molecule has 1 saturated carbocycles. The lowest BCUT2D eigenvalue weighted by Gasteiger charge is -2.30. The summed E-state index contributed by atoms with van der Waals surface area (Å²) in [4.78, 5) is 15.3. The van der Waals surface area contributed by atoms with E-state index in [4.69, 9.17) is 0 Å². The van der Waals surface area contributed by atoms with E-state index in [0.29, 0.717) is 21.6 Å². The molecule has 17 heavy (non-hydrogen) atoms. The van der Waals surface area contributed by atoms with Crippen LogP contribution in [0, 0.1) is 5.92 Å². The molecule has 2 bridgehead atoms. The summed E-state index contributed by atoms with van der Waals surface area (Å²) < 4.78 is 0. The predicted molar refractivity (Wildman–Crippen MR) is 74.8 cm³/mol. The molecule has 1 aliphatic carbocycles. The molecular formula is C13H13Br2NO. The molecule has 2 fully saturated rings. The van der Waals surface area contributed by atoms with Crippen molar-refractivity contribution in [1.29, 1.82) is 0 Å². The van der Waals surface area contributed by atoms with Gasteiger partial charge in [-0.25, -0.2) is 0 Å². The van der Waals surface area contributed by atoms with Crippen molar-refractivity contribution in [2.75, 3.05) is 6.54 Å². The second-order valence-electron chi connectivity index (χ2n) is 4.77. The third-order valence-electron chi connectivity index (χ3n) is 3.75. The summed E-state index contributed by atoms with van der Waals surface area (Å²) >= 11 is 7.42. The van der Waals surface area contributed by atoms with Crippen molar-refractivity contribution in [3.63, 3.8) is 0 Å². The third kappa shape index (κ3) is 1.85. The van der Waals surface area contributed by atoms with Crippen LogP contribution >= 0.6 is 31.9 Å². The highest BCUT2D eigenvalue weighted by Crippen LogP contribution is 2.45. The number of benzene rings is 1. The van der Waals surface area contributed by atoms with Gasteiger partial charge in [-0.15, -0.1) is 0 Å². The second kappa shape index (κ2) is 4.39. The van der Waals surface area contributed by atoms with Gasteiger partial charge in [0, 0.05) is 21.8 Å². The van der Waals surface area contributed by atoms with Crippen molar-refractivity contribution in [3.8, 4) is 0 Å². The molecule has 0 aromatic heterocycles. The molecule has 0 spiro atoms. The largest absolute Gasteiger partial charge is 0.333 e. The SMILES string of the molecule is O=C(c1ccccc1)N1C[C@H]2C[C@H](Br)[C@H]1[C@@H]2Br. The van der Waals surface area contributed by atoms with Gasteiger partial charge in [0.1, 0.15) is 0 Å². The number of carbonyl (C=O) groups is 1. The summed E-state index contributed by atoms with van der Waals surface area (Å²) in [6, 6.07) is 9.85. The van der Waals surface area contributed by atoms with Crippen LogP contribution in [0.1, 0.15) is 16.8 Å². The molecule has 1 heterocycles. The standard InChI is InChI=1S/C13H13Br2NO/c14-10-6-9-7-16(12(10)11(9)15)13(17)8-4-2-1-3-5-8/h1-5,9-12H,6-7H2/t9-,10+,11-,12+/m1/s1. The second-order valence-corrected chi connectivity index (χ2v) is 7.00. The van der Waals surface area contributed by atoms with Gasteiger partial charge in [0.25, 0.3) is 5.91 Å². The van der Waals surface area contributed by atoms with Crippen LogP contribution in [-0.4, -0.2) is 33.0 Å². The number of halogens is 2. The monoisotopic (exact) mass is 357 g/mol. The molecule has 1 aliphatic heterocycles. The van der Waals surface area contributed by atoms with Gasteiger partial charge in [-0.05, 0) is 24.5 Å². The highest BCUT2D eigenvalue weighted by molar-refractivity contribution is 9.10. The van der Waals surface area contributed by atoms with E-state index in [2.05, 4.69) is 31.9 Å². The number of carbonyl (C=O) groups excluding carboxylic acids is 1. The molecular weight excluding hydrogens is 346 g/mol. The highest BCUT2D eigenvalue weighted by atomic mass is 79.9. The van der Waals surface area contributed by atoms with Crippen LogP contribution in [0.25, 0.3) is 0 Å². The van der Waals surface area contributed by atoms with Gasteiger partial charge < -0.3 is 4.90 Å². The Kier molecular flexibility index (Phi) is 3.03. The molecule has 2 aliphatic rings. The van der Waals surface area contributed by atoms with Gasteiger partial charge in [-0.1, -0.05) is 50.1 Å². The van der Waals surface area contributed by atoms with E-state index in [9.17, 15) is 4.79 Å². The maximum Gasteiger partial charge on any atom is 0.254 e. The van der Waals surface area contributed by atoms with E-state index in [1.165, 1.54) is 6.42 Å². The topological polar surface area (TPSA) is 20.3 Å². The fourth-order valence-electron chi connectivity index (χ4n) is 2.92. The van der Waals surface area contributed by atoms with E-state index in [1.54, 1.807) is 0 Å². The van der Waals surface area contributed by atoms with Gasteiger partial charge >= 0.3 is 0 Å². The smallest absolute Gasteiger partial charge is 0.254 e. The Labute approximate surface area is 118 Å². The van der Waals surface area contributed by atoms with Crippen molar-refractivity contribution in [1.82, 2.24) is 4.90 Å². The Balaban J connectivity index is 1.85. The first kappa shape index (κ1) is 11.7. The highest BCUT2D eigenvalue weighted by Gasteiger charge is 2.52. The number of likely N-dealkylation sites (tertiary alicyclic amines) is 1. The van der Waals surface area contributed by atoms with Crippen LogP contribution in [0.15, 0.2) is 30.3 Å². The summed E-state index contributed by atoms with van der Waals surface area (Å²) in [5.41, 5.74) is 0.791. The molecule has 4 heteroatoms. The minimum absolute atomic E-state index is 0.159. The Morgan fingerprint density at radius 3 is 2.53 bits per heavy atom. The van der Waals surface area contributed by atoms with E-state index >= 15 is 0 Å². The third-order valence-corrected chi connectivity index (χ3v) is 5.95. The Hall–Kier alpha value is -0.350. The van der Waals surface area contributed by atoms with E-state index in [-0.39, 0.29) is 5.91 Å². The van der Waals surface area contributed by atoms with E-state index < -0.39 is 0 Å². The fourth-order valence-corrected chi connectivity index (χ4v) is 5.46. The normalized spacial score (nSPS) is 35.3. The zero-order valence-corrected chi connectivity index (χ0v) is 12.4. The molecule has 2 nitrogen and oxygen atoms in total. The number of fused-ring (bicyclic) bond motifs is 2. The number of rotatable bonds is 1. The predicted octanol–water partition coefficient (Wildman–Crippen LogP) is 3.06. The average Bonchev–Trinajstić information content (AvgIpc) is 2.81. The van der Waals surface area contributed by atoms with Crippen LogP contribution in [-0.2, 0) is 0 Å². The summed E-state index contributed by atoms with van der Waals surface area (Å²) in [5.74, 6) is 0.753. The van der Waals surface area contributed by atoms with Crippen LogP contribution in [0.2, 0.25) is 0 Å². The molecule has 1 aromatic rings. The average molecular weight is 359 g/mol. The van der Waals surface area contributed by atoms with Gasteiger partial charge in [-0.3, -0.25) is 4.79 Å². The first-order valence-electron chi connectivity index (χ1n) is 5.82. The van der Waals surface area contributed by atoms with Crippen LogP contribution in [0.5, 0.6) is 0 Å². The van der Waals surface area contributed by atoms with Gasteiger partial charge in [-0.2, -0.15) is 0 Å². The molecule has 1 amide bonds.